The number of pyridine rings is 1. The van der Waals surface area contributed by atoms with Gasteiger partial charge in [0.1, 0.15) is 12.3 Å². The maximum Gasteiger partial charge on any atom is 0.433 e. The second-order valence-electron chi connectivity index (χ2n) is 5.13. The number of nitrogens with two attached hydrogens (primary N) is 1. The maximum atomic E-state index is 12.6. The first kappa shape index (κ1) is 21.8. The molecule has 146 valence electrons. The van der Waals surface area contributed by atoms with Gasteiger partial charge in [0.25, 0.3) is 12.0 Å². The van der Waals surface area contributed by atoms with Gasteiger partial charge in [-0.2, -0.15) is 26.3 Å². The van der Waals surface area contributed by atoms with Crippen LogP contribution in [0.15, 0.2) is 40.0 Å². The molecule has 0 aliphatic carbocycles. The summed E-state index contributed by atoms with van der Waals surface area (Å²) in [6.07, 6.45) is -3.69. The van der Waals surface area contributed by atoms with Crippen molar-refractivity contribution >= 4 is 15.7 Å². The van der Waals surface area contributed by atoms with Crippen LogP contribution >= 0.6 is 0 Å². The molecule has 0 saturated carbocycles. The first-order valence-electron chi connectivity index (χ1n) is 7.14. The molecule has 12 heteroatoms. The molecular formula is C14H17F5N4O2S. The van der Waals surface area contributed by atoms with E-state index in [0.717, 1.165) is 18.3 Å². The molecule has 0 aliphatic heterocycles. The number of hydrogen-bond donors (Lipinski definition) is 1. The van der Waals surface area contributed by atoms with Gasteiger partial charge in [-0.25, -0.2) is 4.21 Å². The number of alkyl halides is 3. The third kappa shape index (κ3) is 6.94. The van der Waals surface area contributed by atoms with Crippen LogP contribution in [-0.2, 0) is 20.7 Å². The standard InChI is InChI=1S/C14H17F5N4O2S/c1-9(10-5-6-11(21-8-10)14(17,18)19)26(2,24)23-13(20)22-25-7-3-4-12(15)16/h4-6,8-9H,3,7H2,1-2H3,(H2,20,22). The average Bonchev–Trinajstić information content (AvgIpc) is 2.52. The number of halogens is 5. The van der Waals surface area contributed by atoms with Gasteiger partial charge in [-0.15, -0.1) is 0 Å². The lowest BCUT2D eigenvalue weighted by molar-refractivity contribution is -0.141. The fourth-order valence-corrected chi connectivity index (χ4v) is 2.89. The van der Waals surface area contributed by atoms with Gasteiger partial charge in [-0.3, -0.25) is 4.98 Å². The third-order valence-corrected chi connectivity index (χ3v) is 5.28. The molecule has 0 saturated heterocycles. The van der Waals surface area contributed by atoms with E-state index in [1.807, 2.05) is 0 Å². The van der Waals surface area contributed by atoms with Gasteiger partial charge in [0.15, 0.2) is 0 Å². The van der Waals surface area contributed by atoms with E-state index in [9.17, 15) is 26.2 Å². The van der Waals surface area contributed by atoms with Crippen LogP contribution in [0, 0.1) is 0 Å². The van der Waals surface area contributed by atoms with E-state index in [-0.39, 0.29) is 18.6 Å². The lowest BCUT2D eigenvalue weighted by Crippen LogP contribution is -2.16. The summed E-state index contributed by atoms with van der Waals surface area (Å²) in [5, 5.41) is 2.54. The molecule has 6 nitrogen and oxygen atoms in total. The van der Waals surface area contributed by atoms with Gasteiger partial charge in [0, 0.05) is 18.9 Å². The van der Waals surface area contributed by atoms with E-state index in [2.05, 4.69) is 19.3 Å². The van der Waals surface area contributed by atoms with Crippen molar-refractivity contribution in [1.29, 1.82) is 0 Å². The number of nitrogens with zero attached hydrogens (tertiary/aromatic N) is 3. The Morgan fingerprint density at radius 2 is 2.08 bits per heavy atom. The van der Waals surface area contributed by atoms with Crippen LogP contribution in [-0.4, -0.2) is 28.0 Å². The zero-order valence-corrected chi connectivity index (χ0v) is 14.7. The van der Waals surface area contributed by atoms with Crippen LogP contribution in [0.5, 0.6) is 0 Å². The monoisotopic (exact) mass is 400 g/mol. The highest BCUT2D eigenvalue weighted by molar-refractivity contribution is 7.93. The summed E-state index contributed by atoms with van der Waals surface area (Å²) in [7, 11) is -3.03. The SMILES string of the molecule is CC(c1ccc(C(F)(F)F)nc1)S(C)(=O)=N/C(N)=N/OCCC=C(F)F. The summed E-state index contributed by atoms with van der Waals surface area (Å²) < 4.78 is 77.5. The predicted molar refractivity (Wildman–Crippen MR) is 86.6 cm³/mol. The molecule has 0 aromatic carbocycles. The van der Waals surface area contributed by atoms with Crippen LogP contribution < -0.4 is 5.73 Å². The van der Waals surface area contributed by atoms with Crippen molar-refractivity contribution in [3.8, 4) is 0 Å². The number of rotatable bonds is 6. The highest BCUT2D eigenvalue weighted by Crippen LogP contribution is 2.29. The summed E-state index contributed by atoms with van der Waals surface area (Å²) in [5.41, 5.74) is 4.65. The second kappa shape index (κ2) is 8.92. The first-order valence-corrected chi connectivity index (χ1v) is 9.13. The molecule has 1 heterocycles. The molecule has 0 bridgehead atoms. The molecule has 0 fully saturated rings. The van der Waals surface area contributed by atoms with Crippen LogP contribution in [0.2, 0.25) is 0 Å². The van der Waals surface area contributed by atoms with Crippen LogP contribution in [0.1, 0.15) is 29.9 Å². The van der Waals surface area contributed by atoms with Gasteiger partial charge in [0.2, 0.25) is 0 Å². The number of hydrogen-bond acceptors (Lipinski definition) is 4. The highest BCUT2D eigenvalue weighted by atomic mass is 32.2. The summed E-state index contributed by atoms with van der Waals surface area (Å²) in [5.74, 6) is -0.478. The molecule has 1 aromatic rings. The lowest BCUT2D eigenvalue weighted by atomic mass is 10.2. The van der Waals surface area contributed by atoms with Crippen LogP contribution in [0.4, 0.5) is 22.0 Å². The fraction of sp³-hybridized carbons (Fsp3) is 0.429. The summed E-state index contributed by atoms with van der Waals surface area (Å²) in [4.78, 5) is 7.96. The lowest BCUT2D eigenvalue weighted by Gasteiger charge is -2.14. The Balaban J connectivity index is 2.85. The minimum atomic E-state index is -4.57. The molecule has 1 rings (SSSR count). The van der Waals surface area contributed by atoms with Crippen molar-refractivity contribution in [3.63, 3.8) is 0 Å². The van der Waals surface area contributed by atoms with Crippen molar-refractivity contribution in [2.75, 3.05) is 12.9 Å². The zero-order chi connectivity index (χ0) is 20.0. The first-order chi connectivity index (χ1) is 11.9. The molecule has 0 radical (unpaired) electrons. The minimum absolute atomic E-state index is 0.103. The Kier molecular flexibility index (Phi) is 7.48. The van der Waals surface area contributed by atoms with E-state index < -0.39 is 38.9 Å². The average molecular weight is 400 g/mol. The predicted octanol–water partition coefficient (Wildman–Crippen LogP) is 3.68. The molecule has 1 aromatic heterocycles. The van der Waals surface area contributed by atoms with Crippen molar-refractivity contribution < 1.29 is 31.0 Å². The van der Waals surface area contributed by atoms with E-state index in [1.165, 1.54) is 13.2 Å². The molecule has 2 atom stereocenters. The maximum absolute atomic E-state index is 12.6. The Hall–Kier alpha value is -2.24. The Bertz CT molecular complexity index is 780. The molecule has 26 heavy (non-hydrogen) atoms. The van der Waals surface area contributed by atoms with E-state index in [4.69, 9.17) is 5.73 Å². The topological polar surface area (TPSA) is 89.9 Å². The van der Waals surface area contributed by atoms with E-state index in [1.54, 1.807) is 0 Å². The van der Waals surface area contributed by atoms with Crippen molar-refractivity contribution in [1.82, 2.24) is 4.98 Å². The van der Waals surface area contributed by atoms with E-state index in [0.29, 0.717) is 6.08 Å². The van der Waals surface area contributed by atoms with E-state index >= 15 is 0 Å². The number of oxime groups is 1. The van der Waals surface area contributed by atoms with Gasteiger partial charge >= 0.3 is 6.18 Å². The largest absolute Gasteiger partial charge is 0.433 e. The molecule has 2 N–H and O–H groups in total. The van der Waals surface area contributed by atoms with Crippen LogP contribution in [0.3, 0.4) is 0 Å². The van der Waals surface area contributed by atoms with Crippen molar-refractivity contribution in [3.05, 3.63) is 41.7 Å². The molecule has 0 amide bonds. The Labute approximate surface area is 147 Å². The smallest absolute Gasteiger partial charge is 0.392 e. The number of aromatic nitrogens is 1. The zero-order valence-electron chi connectivity index (χ0n) is 13.8. The van der Waals surface area contributed by atoms with Gasteiger partial charge in [0.05, 0.1) is 15.0 Å². The minimum Gasteiger partial charge on any atom is -0.392 e. The van der Waals surface area contributed by atoms with Gasteiger partial charge < -0.3 is 10.6 Å². The molecule has 0 spiro atoms. The van der Waals surface area contributed by atoms with Gasteiger partial charge in [-0.1, -0.05) is 6.07 Å². The third-order valence-electron chi connectivity index (χ3n) is 3.14. The van der Waals surface area contributed by atoms with Crippen molar-refractivity contribution in [2.45, 2.75) is 24.8 Å². The highest BCUT2D eigenvalue weighted by Gasteiger charge is 2.32. The molecule has 2 unspecified atom stereocenters. The van der Waals surface area contributed by atoms with Crippen molar-refractivity contribution in [2.24, 2.45) is 15.3 Å². The summed E-state index contributed by atoms with van der Waals surface area (Å²) in [6.45, 7) is 1.30. The van der Waals surface area contributed by atoms with Crippen LogP contribution in [0.25, 0.3) is 0 Å². The molecular weight excluding hydrogens is 383 g/mol. The quantitative estimate of drug-likeness (QED) is 0.259. The Morgan fingerprint density at radius 3 is 2.58 bits per heavy atom. The fourth-order valence-electron chi connectivity index (χ4n) is 1.68. The second-order valence-corrected chi connectivity index (χ2v) is 7.75. The Morgan fingerprint density at radius 1 is 1.42 bits per heavy atom. The van der Waals surface area contributed by atoms with Gasteiger partial charge in [-0.05, 0) is 29.8 Å². The normalized spacial score (nSPS) is 15.7. The number of guanidine groups is 1. The molecule has 0 aliphatic rings. The summed E-state index contributed by atoms with van der Waals surface area (Å²) in [6, 6.07) is 1.93. The summed E-state index contributed by atoms with van der Waals surface area (Å²) >= 11 is 0.